The molecule has 0 atom stereocenters. The highest BCUT2D eigenvalue weighted by Crippen LogP contribution is 2.39. The van der Waals surface area contributed by atoms with Crippen LogP contribution >= 0.6 is 0 Å². The van der Waals surface area contributed by atoms with Crippen molar-refractivity contribution in [1.82, 2.24) is 0 Å². The van der Waals surface area contributed by atoms with Gasteiger partial charge in [-0.15, -0.1) is 0 Å². The van der Waals surface area contributed by atoms with E-state index >= 15 is 0 Å². The Balaban J connectivity index is 2.10. The number of hydrogen-bond acceptors (Lipinski definition) is 1. The van der Waals surface area contributed by atoms with Crippen LogP contribution in [0, 0.1) is 0 Å². The van der Waals surface area contributed by atoms with Gasteiger partial charge in [0.15, 0.2) is 0 Å². The summed E-state index contributed by atoms with van der Waals surface area (Å²) in [7, 11) is 0. The molecule has 1 nitrogen and oxygen atoms in total. The molecule has 0 spiro atoms. The summed E-state index contributed by atoms with van der Waals surface area (Å²) in [5, 5.41) is 0. The smallest absolute Gasteiger partial charge is 0.0448 e. The van der Waals surface area contributed by atoms with Crippen LogP contribution in [0.3, 0.4) is 0 Å². The van der Waals surface area contributed by atoms with E-state index in [4.69, 9.17) is 0 Å². The Kier molecular flexibility index (Phi) is 2.85. The minimum absolute atomic E-state index is 0.175. The van der Waals surface area contributed by atoms with E-state index in [0.29, 0.717) is 0 Å². The summed E-state index contributed by atoms with van der Waals surface area (Å²) in [6.07, 6.45) is 1.15. The molecule has 1 heterocycles. The molecule has 3 rings (SSSR count). The van der Waals surface area contributed by atoms with Crippen molar-refractivity contribution in [2.24, 2.45) is 0 Å². The molecule has 1 aliphatic heterocycles. The van der Waals surface area contributed by atoms with Crippen molar-refractivity contribution < 1.29 is 0 Å². The molecule has 0 amide bonds. The Hall–Kier alpha value is -1.76. The van der Waals surface area contributed by atoms with Crippen LogP contribution in [0.25, 0.3) is 0 Å². The van der Waals surface area contributed by atoms with Gasteiger partial charge in [0.25, 0.3) is 0 Å². The molecule has 2 aromatic rings. The van der Waals surface area contributed by atoms with E-state index < -0.39 is 0 Å². The molecule has 2 aromatic carbocycles. The maximum absolute atomic E-state index is 2.47. The summed E-state index contributed by atoms with van der Waals surface area (Å²) < 4.78 is 0. The predicted molar refractivity (Wildman–Crippen MR) is 82.3 cm³/mol. The van der Waals surface area contributed by atoms with Crippen LogP contribution in [0.5, 0.6) is 0 Å². The first-order valence-corrected chi connectivity index (χ1v) is 7.02. The van der Waals surface area contributed by atoms with E-state index in [-0.39, 0.29) is 5.41 Å². The van der Waals surface area contributed by atoms with Crippen LogP contribution in [-0.2, 0) is 11.8 Å². The molecule has 1 heteroatoms. The van der Waals surface area contributed by atoms with Crippen molar-refractivity contribution in [1.29, 1.82) is 0 Å². The number of fused-ring (bicyclic) bond motifs is 1. The molecule has 19 heavy (non-hydrogen) atoms. The average Bonchev–Trinajstić information content (AvgIpc) is 2.81. The van der Waals surface area contributed by atoms with Gasteiger partial charge in [-0.1, -0.05) is 57.2 Å². The standard InChI is InChI=1S/C18H21N/c1-18(2,3)15-9-5-7-11-17(15)19-13-12-14-8-4-6-10-16(14)19/h4-11H,12-13H2,1-3H3. The monoisotopic (exact) mass is 251 g/mol. The first-order valence-electron chi connectivity index (χ1n) is 7.02. The second-order valence-electron chi connectivity index (χ2n) is 6.30. The molecule has 1 aliphatic rings. The van der Waals surface area contributed by atoms with E-state index in [1.165, 1.54) is 22.5 Å². The quantitative estimate of drug-likeness (QED) is 0.711. The van der Waals surface area contributed by atoms with E-state index in [9.17, 15) is 0 Å². The number of hydrogen-bond donors (Lipinski definition) is 0. The summed E-state index contributed by atoms with van der Waals surface area (Å²) in [5.41, 5.74) is 5.80. The Labute approximate surface area is 115 Å². The lowest BCUT2D eigenvalue weighted by atomic mass is 9.85. The third-order valence-electron chi connectivity index (χ3n) is 3.89. The molecule has 0 aliphatic carbocycles. The van der Waals surface area contributed by atoms with Crippen molar-refractivity contribution in [3.05, 3.63) is 59.7 Å². The molecule has 0 radical (unpaired) electrons. The molecule has 0 saturated carbocycles. The molecular weight excluding hydrogens is 230 g/mol. The van der Waals surface area contributed by atoms with Crippen LogP contribution in [0.4, 0.5) is 11.4 Å². The first kappa shape index (κ1) is 12.3. The largest absolute Gasteiger partial charge is 0.341 e. The van der Waals surface area contributed by atoms with E-state index in [1.807, 2.05) is 0 Å². The zero-order valence-corrected chi connectivity index (χ0v) is 12.0. The summed E-state index contributed by atoms with van der Waals surface area (Å²) in [6, 6.07) is 17.6. The highest BCUT2D eigenvalue weighted by atomic mass is 15.2. The number of nitrogens with zero attached hydrogens (tertiary/aromatic N) is 1. The molecule has 0 saturated heterocycles. The van der Waals surface area contributed by atoms with E-state index in [0.717, 1.165) is 13.0 Å². The zero-order chi connectivity index (χ0) is 13.5. The van der Waals surface area contributed by atoms with Gasteiger partial charge in [0.05, 0.1) is 0 Å². The third-order valence-corrected chi connectivity index (χ3v) is 3.89. The summed E-state index contributed by atoms with van der Waals surface area (Å²) in [6.45, 7) is 7.95. The van der Waals surface area contributed by atoms with Gasteiger partial charge in [-0.3, -0.25) is 0 Å². The van der Waals surface area contributed by atoms with Gasteiger partial charge in [-0.25, -0.2) is 0 Å². The lowest BCUT2D eigenvalue weighted by Crippen LogP contribution is -2.20. The molecular formula is C18H21N. The Morgan fingerprint density at radius 2 is 1.47 bits per heavy atom. The van der Waals surface area contributed by atoms with Crippen molar-refractivity contribution >= 4 is 11.4 Å². The van der Waals surface area contributed by atoms with Crippen LogP contribution in [0.1, 0.15) is 31.9 Å². The highest BCUT2D eigenvalue weighted by molar-refractivity contribution is 5.72. The fraction of sp³-hybridized carbons (Fsp3) is 0.333. The van der Waals surface area contributed by atoms with E-state index in [2.05, 4.69) is 74.2 Å². The number of anilines is 2. The maximum atomic E-state index is 2.47. The third kappa shape index (κ3) is 2.14. The summed E-state index contributed by atoms with van der Waals surface area (Å²) in [5.74, 6) is 0. The van der Waals surface area contributed by atoms with Gasteiger partial charge in [0.2, 0.25) is 0 Å². The molecule has 98 valence electrons. The fourth-order valence-corrected chi connectivity index (χ4v) is 2.93. The lowest BCUT2D eigenvalue weighted by Gasteiger charge is -2.29. The molecule has 0 N–H and O–H groups in total. The van der Waals surface area contributed by atoms with Gasteiger partial charge >= 0.3 is 0 Å². The SMILES string of the molecule is CC(C)(C)c1ccccc1N1CCc2ccccc21. The van der Waals surface area contributed by atoms with Gasteiger partial charge in [0, 0.05) is 17.9 Å². The second-order valence-corrected chi connectivity index (χ2v) is 6.30. The molecule has 0 fully saturated rings. The Morgan fingerprint density at radius 1 is 0.842 bits per heavy atom. The molecule has 0 unspecified atom stereocenters. The number of benzene rings is 2. The lowest BCUT2D eigenvalue weighted by molar-refractivity contribution is 0.590. The summed E-state index contributed by atoms with van der Waals surface area (Å²) >= 11 is 0. The predicted octanol–water partition coefficient (Wildman–Crippen LogP) is 4.68. The van der Waals surface area contributed by atoms with Gasteiger partial charge < -0.3 is 4.90 Å². The van der Waals surface area contributed by atoms with Crippen LogP contribution in [0.2, 0.25) is 0 Å². The maximum Gasteiger partial charge on any atom is 0.0448 e. The molecule has 0 aromatic heterocycles. The number of para-hydroxylation sites is 2. The summed E-state index contributed by atoms with van der Waals surface area (Å²) in [4.78, 5) is 2.47. The van der Waals surface area contributed by atoms with Crippen molar-refractivity contribution in [2.75, 3.05) is 11.4 Å². The minimum atomic E-state index is 0.175. The van der Waals surface area contributed by atoms with Crippen molar-refractivity contribution in [3.8, 4) is 0 Å². The number of rotatable bonds is 1. The topological polar surface area (TPSA) is 3.24 Å². The zero-order valence-electron chi connectivity index (χ0n) is 12.0. The van der Waals surface area contributed by atoms with Gasteiger partial charge in [-0.2, -0.15) is 0 Å². The average molecular weight is 251 g/mol. The molecule has 0 bridgehead atoms. The van der Waals surface area contributed by atoms with E-state index in [1.54, 1.807) is 0 Å². The Bertz CT molecular complexity index is 593. The minimum Gasteiger partial charge on any atom is -0.341 e. The van der Waals surface area contributed by atoms with Crippen molar-refractivity contribution in [2.45, 2.75) is 32.6 Å². The normalized spacial score (nSPS) is 14.6. The fourth-order valence-electron chi connectivity index (χ4n) is 2.93. The van der Waals surface area contributed by atoms with Crippen LogP contribution in [-0.4, -0.2) is 6.54 Å². The van der Waals surface area contributed by atoms with Crippen LogP contribution < -0.4 is 4.90 Å². The van der Waals surface area contributed by atoms with Gasteiger partial charge in [-0.05, 0) is 35.1 Å². The van der Waals surface area contributed by atoms with Crippen molar-refractivity contribution in [3.63, 3.8) is 0 Å². The van der Waals surface area contributed by atoms with Crippen LogP contribution in [0.15, 0.2) is 48.5 Å². The highest BCUT2D eigenvalue weighted by Gasteiger charge is 2.25. The Morgan fingerprint density at radius 3 is 2.21 bits per heavy atom. The van der Waals surface area contributed by atoms with Gasteiger partial charge in [0.1, 0.15) is 0 Å². The second kappa shape index (κ2) is 4.41. The first-order chi connectivity index (χ1) is 9.07.